The molecule has 0 amide bonds. The fourth-order valence-electron chi connectivity index (χ4n) is 4.57. The number of aryl methyl sites for hydroxylation is 1. The third-order valence-electron chi connectivity index (χ3n) is 7.33. The zero-order valence-corrected chi connectivity index (χ0v) is 30.5. The van der Waals surface area contributed by atoms with E-state index in [-0.39, 0.29) is 11.3 Å². The molecule has 0 N–H and O–H groups in total. The van der Waals surface area contributed by atoms with E-state index in [0.29, 0.717) is 29.5 Å². The second kappa shape index (κ2) is 22.2. The van der Waals surface area contributed by atoms with Gasteiger partial charge in [0, 0.05) is 23.8 Å². The predicted molar refractivity (Wildman–Crippen MR) is 199 cm³/mol. The van der Waals surface area contributed by atoms with Crippen molar-refractivity contribution in [2.45, 2.75) is 111 Å². The number of Topliss-reactive ketones (excluding diaryl/α,β-unsaturated/α-hetero) is 2. The molecule has 1 atom stereocenters. The molecule has 0 radical (unpaired) electrons. The van der Waals surface area contributed by atoms with Crippen molar-refractivity contribution in [1.29, 1.82) is 0 Å². The number of thioether (sulfide) groups is 2. The largest absolute Gasteiger partial charge is 0.299 e. The Kier molecular flexibility index (Phi) is 20.1. The number of unbranched alkanes of at least 4 members (excludes halogenated alkanes) is 1. The van der Waals surface area contributed by atoms with Crippen molar-refractivity contribution in [3.63, 3.8) is 0 Å². The maximum absolute atomic E-state index is 12.1. The zero-order chi connectivity index (χ0) is 33.0. The number of allylic oxidation sites excluding steroid dienone is 5. The molecule has 0 spiro atoms. The molecule has 44 heavy (non-hydrogen) atoms. The molecular weight excluding hydrogens is 577 g/mol. The highest BCUT2D eigenvalue weighted by molar-refractivity contribution is 7.99. The van der Waals surface area contributed by atoms with Gasteiger partial charge >= 0.3 is 0 Å². The second-order valence-corrected chi connectivity index (χ2v) is 14.4. The van der Waals surface area contributed by atoms with Crippen molar-refractivity contribution in [2.24, 2.45) is 5.92 Å². The Morgan fingerprint density at radius 3 is 2.14 bits per heavy atom. The van der Waals surface area contributed by atoms with E-state index < -0.39 is 0 Å². The Labute approximate surface area is 278 Å². The van der Waals surface area contributed by atoms with Crippen molar-refractivity contribution < 1.29 is 9.59 Å². The molecular formula is C40H58O2S2. The number of carbonyl (C=O) groups excluding carboxylic acids is 2. The van der Waals surface area contributed by atoms with E-state index in [1.165, 1.54) is 33.4 Å². The number of benzene rings is 2. The Hall–Kier alpha value is -2.30. The Morgan fingerprint density at radius 1 is 0.886 bits per heavy atom. The quantitative estimate of drug-likeness (QED) is 0.144. The van der Waals surface area contributed by atoms with Crippen LogP contribution in [0.1, 0.15) is 109 Å². The summed E-state index contributed by atoms with van der Waals surface area (Å²) in [4.78, 5) is 24.0. The van der Waals surface area contributed by atoms with Crippen molar-refractivity contribution in [3.05, 3.63) is 107 Å². The first-order chi connectivity index (χ1) is 21.0. The van der Waals surface area contributed by atoms with Gasteiger partial charge in [0.1, 0.15) is 11.6 Å². The van der Waals surface area contributed by atoms with Crippen molar-refractivity contribution in [3.8, 4) is 0 Å². The fourth-order valence-corrected chi connectivity index (χ4v) is 6.41. The third kappa shape index (κ3) is 17.3. The molecule has 1 aliphatic rings. The highest BCUT2D eigenvalue weighted by Crippen LogP contribution is 2.24. The van der Waals surface area contributed by atoms with Crippen molar-refractivity contribution >= 4 is 35.1 Å². The van der Waals surface area contributed by atoms with Gasteiger partial charge in [0.05, 0.1) is 11.5 Å². The number of ketones is 2. The number of hydrogen-bond acceptors (Lipinski definition) is 4. The third-order valence-corrected chi connectivity index (χ3v) is 9.42. The molecule has 0 aromatic heterocycles. The lowest BCUT2D eigenvalue weighted by atomic mass is 9.87. The zero-order valence-electron chi connectivity index (χ0n) is 28.8. The Morgan fingerprint density at radius 2 is 1.52 bits per heavy atom. The highest BCUT2D eigenvalue weighted by atomic mass is 32.2. The van der Waals surface area contributed by atoms with E-state index in [2.05, 4.69) is 115 Å². The van der Waals surface area contributed by atoms with Gasteiger partial charge in [-0.3, -0.25) is 9.59 Å². The summed E-state index contributed by atoms with van der Waals surface area (Å²) in [6.45, 7) is 21.0. The average Bonchev–Trinajstić information content (AvgIpc) is 3.00. The van der Waals surface area contributed by atoms with Gasteiger partial charge in [-0.1, -0.05) is 132 Å². The van der Waals surface area contributed by atoms with Crippen LogP contribution >= 0.6 is 23.5 Å². The molecule has 0 aliphatic heterocycles. The Bertz CT molecular complexity index is 1200. The van der Waals surface area contributed by atoms with Gasteiger partial charge in [-0.25, -0.2) is 0 Å². The van der Waals surface area contributed by atoms with Crippen LogP contribution in [0.2, 0.25) is 0 Å². The minimum Gasteiger partial charge on any atom is -0.299 e. The predicted octanol–water partition coefficient (Wildman–Crippen LogP) is 11.7. The SMILES string of the molecule is C=C(CC)CCCCC(=O)CSCc1ccc(C(C)(C)C)cc1.CC.CC1=CC(C(=O)CSCc2cccc(C)c2)CC=C1. The number of rotatable bonds is 15. The summed E-state index contributed by atoms with van der Waals surface area (Å²) in [6.07, 6.45) is 12.1. The molecule has 0 fully saturated rings. The summed E-state index contributed by atoms with van der Waals surface area (Å²) >= 11 is 3.44. The van der Waals surface area contributed by atoms with Crippen molar-refractivity contribution in [1.82, 2.24) is 0 Å². The first kappa shape index (κ1) is 39.7. The van der Waals surface area contributed by atoms with Gasteiger partial charge in [0.15, 0.2) is 0 Å². The summed E-state index contributed by atoms with van der Waals surface area (Å²) in [6, 6.07) is 17.3. The van der Waals surface area contributed by atoms with E-state index in [0.717, 1.165) is 43.6 Å². The topological polar surface area (TPSA) is 34.1 Å². The van der Waals surface area contributed by atoms with Crippen LogP contribution in [0, 0.1) is 12.8 Å². The van der Waals surface area contributed by atoms with E-state index in [1.807, 2.05) is 13.8 Å². The second-order valence-electron chi connectivity index (χ2n) is 12.4. The molecule has 4 heteroatoms. The van der Waals surface area contributed by atoms with Crippen LogP contribution in [0.4, 0.5) is 0 Å². The summed E-state index contributed by atoms with van der Waals surface area (Å²) in [7, 11) is 0. The van der Waals surface area contributed by atoms with Crippen LogP contribution in [0.5, 0.6) is 0 Å². The molecule has 1 unspecified atom stereocenters. The minimum absolute atomic E-state index is 0.0926. The van der Waals surface area contributed by atoms with Crippen LogP contribution in [0.3, 0.4) is 0 Å². The summed E-state index contributed by atoms with van der Waals surface area (Å²) in [5.74, 6) is 3.90. The molecule has 2 nitrogen and oxygen atoms in total. The van der Waals surface area contributed by atoms with Gasteiger partial charge in [-0.15, -0.1) is 23.5 Å². The van der Waals surface area contributed by atoms with Crippen LogP contribution < -0.4 is 0 Å². The number of carbonyl (C=O) groups is 2. The maximum atomic E-state index is 12.1. The molecule has 242 valence electrons. The monoisotopic (exact) mass is 634 g/mol. The lowest BCUT2D eigenvalue weighted by molar-refractivity contribution is -0.119. The molecule has 2 aromatic carbocycles. The van der Waals surface area contributed by atoms with Crippen LogP contribution in [-0.4, -0.2) is 23.1 Å². The lowest BCUT2D eigenvalue weighted by Gasteiger charge is -2.19. The van der Waals surface area contributed by atoms with Crippen LogP contribution in [0.25, 0.3) is 0 Å². The lowest BCUT2D eigenvalue weighted by Crippen LogP contribution is -2.16. The van der Waals surface area contributed by atoms with Gasteiger partial charge in [0.2, 0.25) is 0 Å². The molecule has 0 saturated carbocycles. The van der Waals surface area contributed by atoms with E-state index in [4.69, 9.17) is 0 Å². The molecule has 1 aliphatic carbocycles. The minimum atomic E-state index is 0.0926. The van der Waals surface area contributed by atoms with Crippen molar-refractivity contribution in [2.75, 3.05) is 11.5 Å². The summed E-state index contributed by atoms with van der Waals surface area (Å²) in [5.41, 5.74) is 7.93. The van der Waals surface area contributed by atoms with Crippen LogP contribution in [0.15, 0.2) is 84.5 Å². The molecule has 0 bridgehead atoms. The normalized spacial score (nSPS) is 14.0. The summed E-state index contributed by atoms with van der Waals surface area (Å²) in [5, 5.41) is 0. The fraction of sp³-hybridized carbons (Fsp3) is 0.500. The van der Waals surface area contributed by atoms with Gasteiger partial charge < -0.3 is 0 Å². The standard InChI is InChI=1S/C21H32OS.C17H20OS.C2H6/c1-6-17(2)9-7-8-10-20(22)16-23-15-18-11-13-19(14-12-18)21(3,4)5;1-13-5-3-7-15(9-13)11-19-12-17(18)16-8-4-6-14(2)10-16;1-2/h11-14H,2,6-10,15-16H2,1,3-5H3;3-7,9-10,16H,8,11-12H2,1-2H3;1-2H3. The molecule has 0 saturated heterocycles. The maximum Gasteiger partial charge on any atom is 0.149 e. The molecule has 0 heterocycles. The number of hydrogen-bond donors (Lipinski definition) is 0. The first-order valence-corrected chi connectivity index (χ1v) is 18.6. The average molecular weight is 635 g/mol. The highest BCUT2D eigenvalue weighted by Gasteiger charge is 2.16. The van der Waals surface area contributed by atoms with Crippen LogP contribution in [-0.2, 0) is 26.5 Å². The van der Waals surface area contributed by atoms with Gasteiger partial charge in [-0.2, -0.15) is 0 Å². The van der Waals surface area contributed by atoms with E-state index >= 15 is 0 Å². The first-order valence-electron chi connectivity index (χ1n) is 16.3. The smallest absolute Gasteiger partial charge is 0.149 e. The van der Waals surface area contributed by atoms with Gasteiger partial charge in [0.25, 0.3) is 0 Å². The van der Waals surface area contributed by atoms with E-state index in [1.54, 1.807) is 23.5 Å². The van der Waals surface area contributed by atoms with E-state index in [9.17, 15) is 9.59 Å². The summed E-state index contributed by atoms with van der Waals surface area (Å²) < 4.78 is 0. The molecule has 3 rings (SSSR count). The van der Waals surface area contributed by atoms with Gasteiger partial charge in [-0.05, 0) is 68.1 Å². The molecule has 2 aromatic rings. The Balaban J connectivity index is 0.000000422.